The van der Waals surface area contributed by atoms with E-state index in [0.29, 0.717) is 17.5 Å². The average Bonchev–Trinajstić information content (AvgIpc) is 3.21. The first-order valence-corrected chi connectivity index (χ1v) is 8.53. The Hall–Kier alpha value is -1.35. The van der Waals surface area contributed by atoms with E-state index >= 15 is 0 Å². The summed E-state index contributed by atoms with van der Waals surface area (Å²) in [5.41, 5.74) is 2.89. The molecular weight excluding hydrogens is 284 g/mol. The third kappa shape index (κ3) is 3.65. The number of terminal acetylenes is 1. The first kappa shape index (κ1) is 16.0. The van der Waals surface area contributed by atoms with E-state index < -0.39 is 10.0 Å². The summed E-state index contributed by atoms with van der Waals surface area (Å²) in [6, 6.07) is 4.30. The van der Waals surface area contributed by atoms with Crippen LogP contribution in [0.15, 0.2) is 17.0 Å². The predicted molar refractivity (Wildman–Crippen MR) is 84.4 cm³/mol. The number of aryl methyl sites for hydroxylation is 2. The first-order chi connectivity index (χ1) is 9.86. The van der Waals surface area contributed by atoms with Crippen molar-refractivity contribution < 1.29 is 8.42 Å². The SMILES string of the molecule is C#CCN(C)S(=O)(=O)c1cc(CNC2CC2)c(C)cc1C. The second-order valence-corrected chi connectivity index (χ2v) is 7.68. The van der Waals surface area contributed by atoms with Crippen molar-refractivity contribution in [3.63, 3.8) is 0 Å². The van der Waals surface area contributed by atoms with Crippen LogP contribution in [0, 0.1) is 26.2 Å². The van der Waals surface area contributed by atoms with Gasteiger partial charge in [-0.2, -0.15) is 4.31 Å². The van der Waals surface area contributed by atoms with Crippen LogP contribution in [0.1, 0.15) is 29.5 Å². The van der Waals surface area contributed by atoms with Gasteiger partial charge in [-0.15, -0.1) is 6.42 Å². The van der Waals surface area contributed by atoms with Gasteiger partial charge in [0.25, 0.3) is 0 Å². The van der Waals surface area contributed by atoms with Crippen LogP contribution >= 0.6 is 0 Å². The van der Waals surface area contributed by atoms with Gasteiger partial charge in [-0.05, 0) is 49.4 Å². The van der Waals surface area contributed by atoms with E-state index in [-0.39, 0.29) is 6.54 Å². The number of nitrogens with one attached hydrogen (secondary N) is 1. The Morgan fingerprint density at radius 3 is 2.57 bits per heavy atom. The second-order valence-electron chi connectivity index (χ2n) is 5.66. The summed E-state index contributed by atoms with van der Waals surface area (Å²) in [5.74, 6) is 2.37. The lowest BCUT2D eigenvalue weighted by Gasteiger charge is -2.18. The Morgan fingerprint density at radius 1 is 1.33 bits per heavy atom. The summed E-state index contributed by atoms with van der Waals surface area (Å²) in [6.07, 6.45) is 7.64. The third-order valence-electron chi connectivity index (χ3n) is 3.79. The monoisotopic (exact) mass is 306 g/mol. The molecule has 0 unspecified atom stereocenters. The number of benzene rings is 1. The van der Waals surface area contributed by atoms with Gasteiger partial charge < -0.3 is 5.32 Å². The van der Waals surface area contributed by atoms with E-state index in [1.54, 1.807) is 6.07 Å². The zero-order valence-electron chi connectivity index (χ0n) is 12.8. The molecule has 114 valence electrons. The van der Waals surface area contributed by atoms with Gasteiger partial charge in [-0.25, -0.2) is 8.42 Å². The molecule has 1 aliphatic rings. The Labute approximate surface area is 127 Å². The molecule has 1 N–H and O–H groups in total. The summed E-state index contributed by atoms with van der Waals surface area (Å²) in [5, 5.41) is 3.43. The lowest BCUT2D eigenvalue weighted by molar-refractivity contribution is 0.502. The van der Waals surface area contributed by atoms with Crippen molar-refractivity contribution in [3.05, 3.63) is 28.8 Å². The molecule has 0 amide bonds. The molecular formula is C16H22N2O2S. The fraction of sp³-hybridized carbons (Fsp3) is 0.500. The lowest BCUT2D eigenvalue weighted by Crippen LogP contribution is -2.28. The van der Waals surface area contributed by atoms with Crippen molar-refractivity contribution in [2.24, 2.45) is 0 Å². The van der Waals surface area contributed by atoms with Crippen LogP contribution in [0.4, 0.5) is 0 Å². The van der Waals surface area contributed by atoms with Gasteiger partial charge in [0.1, 0.15) is 0 Å². The minimum atomic E-state index is -3.53. The number of rotatable bonds is 6. The third-order valence-corrected chi connectivity index (χ3v) is 5.74. The van der Waals surface area contributed by atoms with Crippen LogP contribution < -0.4 is 5.32 Å². The molecule has 0 bridgehead atoms. The maximum Gasteiger partial charge on any atom is 0.243 e. The number of hydrogen-bond donors (Lipinski definition) is 1. The predicted octanol–water partition coefficient (Wildman–Crippen LogP) is 1.81. The molecule has 0 heterocycles. The average molecular weight is 306 g/mol. The normalized spacial score (nSPS) is 15.2. The van der Waals surface area contributed by atoms with Crippen LogP contribution in [0.5, 0.6) is 0 Å². The van der Waals surface area contributed by atoms with Crippen molar-refractivity contribution in [2.75, 3.05) is 13.6 Å². The van der Waals surface area contributed by atoms with Crippen molar-refractivity contribution in [1.29, 1.82) is 0 Å². The van der Waals surface area contributed by atoms with E-state index in [1.165, 1.54) is 24.2 Å². The zero-order valence-corrected chi connectivity index (χ0v) is 13.6. The van der Waals surface area contributed by atoms with Crippen molar-refractivity contribution in [3.8, 4) is 12.3 Å². The molecule has 0 aliphatic heterocycles. The Morgan fingerprint density at radius 2 is 2.00 bits per heavy atom. The topological polar surface area (TPSA) is 49.4 Å². The number of nitrogens with zero attached hydrogens (tertiary/aromatic N) is 1. The highest BCUT2D eigenvalue weighted by Crippen LogP contribution is 2.25. The van der Waals surface area contributed by atoms with Gasteiger partial charge in [-0.3, -0.25) is 0 Å². The molecule has 1 aromatic carbocycles. The van der Waals surface area contributed by atoms with Crippen LogP contribution in [-0.2, 0) is 16.6 Å². The Balaban J connectivity index is 2.33. The van der Waals surface area contributed by atoms with E-state index in [9.17, 15) is 8.42 Å². The van der Waals surface area contributed by atoms with Gasteiger partial charge >= 0.3 is 0 Å². The summed E-state index contributed by atoms with van der Waals surface area (Å²) >= 11 is 0. The van der Waals surface area contributed by atoms with Crippen LogP contribution in [0.2, 0.25) is 0 Å². The van der Waals surface area contributed by atoms with Crippen LogP contribution in [-0.4, -0.2) is 32.4 Å². The molecule has 0 radical (unpaired) electrons. The molecule has 4 nitrogen and oxygen atoms in total. The van der Waals surface area contributed by atoms with Crippen molar-refractivity contribution in [2.45, 2.75) is 44.2 Å². The van der Waals surface area contributed by atoms with E-state index in [2.05, 4.69) is 11.2 Å². The highest BCUT2D eigenvalue weighted by molar-refractivity contribution is 7.89. The summed E-state index contributed by atoms with van der Waals surface area (Å²) in [6.45, 7) is 4.61. The zero-order chi connectivity index (χ0) is 15.6. The van der Waals surface area contributed by atoms with Crippen LogP contribution in [0.25, 0.3) is 0 Å². The molecule has 1 saturated carbocycles. The van der Waals surface area contributed by atoms with Crippen LogP contribution in [0.3, 0.4) is 0 Å². The Bertz CT molecular complexity index is 670. The standard InChI is InChI=1S/C16H22N2O2S/c1-5-8-18(4)21(19,20)16-10-14(11-17-15-6-7-15)12(2)9-13(16)3/h1,9-10,15,17H,6-8,11H2,2-4H3. The van der Waals surface area contributed by atoms with Gasteiger partial charge in [0.05, 0.1) is 11.4 Å². The highest BCUT2D eigenvalue weighted by Gasteiger charge is 2.24. The molecule has 0 spiro atoms. The van der Waals surface area contributed by atoms with Crippen molar-refractivity contribution in [1.82, 2.24) is 9.62 Å². The minimum Gasteiger partial charge on any atom is -0.310 e. The second kappa shape index (κ2) is 6.18. The van der Waals surface area contributed by atoms with E-state index in [0.717, 1.165) is 16.7 Å². The van der Waals surface area contributed by atoms with E-state index in [4.69, 9.17) is 6.42 Å². The van der Waals surface area contributed by atoms with Gasteiger partial charge in [0, 0.05) is 19.6 Å². The molecule has 0 aromatic heterocycles. The van der Waals surface area contributed by atoms with E-state index in [1.807, 2.05) is 19.9 Å². The maximum absolute atomic E-state index is 12.6. The molecule has 5 heteroatoms. The maximum atomic E-state index is 12.6. The Kier molecular flexibility index (Phi) is 4.72. The molecule has 1 aliphatic carbocycles. The summed E-state index contributed by atoms with van der Waals surface area (Å²) in [7, 11) is -2.02. The number of sulfonamides is 1. The molecule has 1 aromatic rings. The fourth-order valence-electron chi connectivity index (χ4n) is 2.27. The summed E-state index contributed by atoms with van der Waals surface area (Å²) < 4.78 is 26.3. The largest absolute Gasteiger partial charge is 0.310 e. The molecule has 21 heavy (non-hydrogen) atoms. The first-order valence-electron chi connectivity index (χ1n) is 7.09. The van der Waals surface area contributed by atoms with Crippen molar-refractivity contribution >= 4 is 10.0 Å². The fourth-order valence-corrected chi connectivity index (χ4v) is 3.60. The quantitative estimate of drug-likeness (QED) is 0.816. The molecule has 0 saturated heterocycles. The lowest BCUT2D eigenvalue weighted by atomic mass is 10.1. The smallest absolute Gasteiger partial charge is 0.243 e. The number of hydrogen-bond acceptors (Lipinski definition) is 3. The van der Waals surface area contributed by atoms with Gasteiger partial charge in [-0.1, -0.05) is 12.0 Å². The van der Waals surface area contributed by atoms with Gasteiger partial charge in [0.2, 0.25) is 10.0 Å². The van der Waals surface area contributed by atoms with Gasteiger partial charge in [0.15, 0.2) is 0 Å². The molecule has 0 atom stereocenters. The molecule has 1 fully saturated rings. The minimum absolute atomic E-state index is 0.0747. The molecule has 2 rings (SSSR count). The highest BCUT2D eigenvalue weighted by atomic mass is 32.2. The summed E-state index contributed by atoms with van der Waals surface area (Å²) in [4.78, 5) is 0.346.